The molecule has 3 rings (SSSR count). The highest BCUT2D eigenvalue weighted by Gasteiger charge is 2.19. The first-order chi connectivity index (χ1) is 11.6. The molecule has 128 valence electrons. The Kier molecular flexibility index (Phi) is 5.48. The molecule has 4 nitrogen and oxygen atoms in total. The average molecular weight is 325 g/mol. The van der Waals surface area contributed by atoms with Gasteiger partial charge >= 0.3 is 0 Å². The number of pyridine rings is 1. The Morgan fingerprint density at radius 1 is 1.08 bits per heavy atom. The quantitative estimate of drug-likeness (QED) is 0.938. The molecule has 1 aromatic carbocycles. The van der Waals surface area contributed by atoms with Crippen molar-refractivity contribution in [3.63, 3.8) is 0 Å². The van der Waals surface area contributed by atoms with E-state index in [1.54, 1.807) is 0 Å². The predicted molar refractivity (Wildman–Crippen MR) is 98.4 cm³/mol. The summed E-state index contributed by atoms with van der Waals surface area (Å²) in [5, 5.41) is 10.7. The lowest BCUT2D eigenvalue weighted by Crippen LogP contribution is -2.33. The van der Waals surface area contributed by atoms with Crippen LogP contribution in [0.1, 0.15) is 29.2 Å². The number of anilines is 1. The molecule has 0 unspecified atom stereocenters. The van der Waals surface area contributed by atoms with Gasteiger partial charge in [-0.25, -0.2) is 4.98 Å². The van der Waals surface area contributed by atoms with E-state index in [4.69, 9.17) is 0 Å². The van der Waals surface area contributed by atoms with Crippen LogP contribution in [-0.2, 0) is 0 Å². The molecular weight excluding hydrogens is 298 g/mol. The molecule has 1 aromatic heterocycles. The third-order valence-electron chi connectivity index (χ3n) is 4.78. The van der Waals surface area contributed by atoms with Gasteiger partial charge in [-0.05, 0) is 43.5 Å². The highest BCUT2D eigenvalue weighted by Crippen LogP contribution is 2.21. The Labute approximate surface area is 144 Å². The van der Waals surface area contributed by atoms with Crippen LogP contribution < -0.4 is 4.90 Å². The van der Waals surface area contributed by atoms with E-state index < -0.39 is 6.10 Å². The summed E-state index contributed by atoms with van der Waals surface area (Å²) in [7, 11) is 0. The van der Waals surface area contributed by atoms with Gasteiger partial charge in [-0.15, -0.1) is 0 Å². The standard InChI is InChI=1S/C20H27N3O/c1-16-7-8-18(17(2)14-16)19(24)15-22-10-5-11-23(13-12-22)20-6-3-4-9-21-20/h3-4,6-9,14,19,24H,5,10-13,15H2,1-2H3/t19-/m1/s1. The molecule has 0 amide bonds. The summed E-state index contributed by atoms with van der Waals surface area (Å²) < 4.78 is 0. The van der Waals surface area contributed by atoms with E-state index in [0.29, 0.717) is 6.54 Å². The number of aliphatic hydroxyl groups is 1. The van der Waals surface area contributed by atoms with E-state index in [2.05, 4.69) is 52.9 Å². The Balaban J connectivity index is 1.60. The number of nitrogens with zero attached hydrogens (tertiary/aromatic N) is 3. The molecule has 0 saturated carbocycles. The van der Waals surface area contributed by atoms with Crippen LogP contribution in [0, 0.1) is 13.8 Å². The number of β-amino-alcohol motifs (C(OH)–C–C–N with tert-alkyl or cyclic N) is 1. The van der Waals surface area contributed by atoms with Gasteiger partial charge in [-0.3, -0.25) is 4.90 Å². The molecule has 1 aliphatic rings. The SMILES string of the molecule is Cc1ccc([C@H](O)CN2CCCN(c3ccccn3)CC2)c(C)c1. The van der Waals surface area contributed by atoms with E-state index in [9.17, 15) is 5.11 Å². The summed E-state index contributed by atoms with van der Waals surface area (Å²) >= 11 is 0. The van der Waals surface area contributed by atoms with Crippen molar-refractivity contribution in [1.82, 2.24) is 9.88 Å². The number of aryl methyl sites for hydroxylation is 2. The number of hydrogen-bond donors (Lipinski definition) is 1. The van der Waals surface area contributed by atoms with Crippen molar-refractivity contribution in [1.29, 1.82) is 0 Å². The number of aliphatic hydroxyl groups excluding tert-OH is 1. The Hall–Kier alpha value is -1.91. The molecule has 2 heterocycles. The van der Waals surface area contributed by atoms with Crippen LogP contribution in [0.5, 0.6) is 0 Å². The molecule has 0 bridgehead atoms. The second kappa shape index (κ2) is 7.77. The summed E-state index contributed by atoms with van der Waals surface area (Å²) in [5.41, 5.74) is 3.46. The molecule has 0 spiro atoms. The van der Waals surface area contributed by atoms with Crippen LogP contribution in [0.15, 0.2) is 42.6 Å². The molecule has 1 saturated heterocycles. The molecule has 0 radical (unpaired) electrons. The van der Waals surface area contributed by atoms with Crippen molar-refractivity contribution in [3.05, 3.63) is 59.3 Å². The zero-order valence-corrected chi connectivity index (χ0v) is 14.7. The summed E-state index contributed by atoms with van der Waals surface area (Å²) in [6.45, 7) is 8.81. The van der Waals surface area contributed by atoms with Crippen molar-refractivity contribution in [3.8, 4) is 0 Å². The molecule has 1 fully saturated rings. The first kappa shape index (κ1) is 16.9. The van der Waals surface area contributed by atoms with E-state index in [1.165, 1.54) is 11.1 Å². The maximum Gasteiger partial charge on any atom is 0.128 e. The molecule has 0 aliphatic carbocycles. The summed E-state index contributed by atoms with van der Waals surface area (Å²) in [6, 6.07) is 12.3. The fraction of sp³-hybridized carbons (Fsp3) is 0.450. The average Bonchev–Trinajstić information content (AvgIpc) is 2.81. The van der Waals surface area contributed by atoms with Crippen LogP contribution in [0.4, 0.5) is 5.82 Å². The zero-order valence-electron chi connectivity index (χ0n) is 14.7. The molecule has 1 aliphatic heterocycles. The third kappa shape index (κ3) is 4.13. The summed E-state index contributed by atoms with van der Waals surface area (Å²) in [6.07, 6.45) is 2.52. The Morgan fingerprint density at radius 3 is 2.71 bits per heavy atom. The molecule has 4 heteroatoms. The van der Waals surface area contributed by atoms with Crippen molar-refractivity contribution in [2.24, 2.45) is 0 Å². The van der Waals surface area contributed by atoms with Gasteiger partial charge in [0, 0.05) is 38.9 Å². The van der Waals surface area contributed by atoms with E-state index in [1.807, 2.05) is 18.3 Å². The van der Waals surface area contributed by atoms with Gasteiger partial charge in [-0.2, -0.15) is 0 Å². The van der Waals surface area contributed by atoms with Crippen molar-refractivity contribution in [2.75, 3.05) is 37.6 Å². The lowest BCUT2D eigenvalue weighted by molar-refractivity contribution is 0.116. The molecule has 1 atom stereocenters. The van der Waals surface area contributed by atoms with Gasteiger partial charge in [0.15, 0.2) is 0 Å². The van der Waals surface area contributed by atoms with Gasteiger partial charge in [0.25, 0.3) is 0 Å². The van der Waals surface area contributed by atoms with Gasteiger partial charge in [-0.1, -0.05) is 29.8 Å². The van der Waals surface area contributed by atoms with Gasteiger partial charge in [0.1, 0.15) is 5.82 Å². The third-order valence-corrected chi connectivity index (χ3v) is 4.78. The first-order valence-corrected chi connectivity index (χ1v) is 8.77. The molecule has 1 N–H and O–H groups in total. The Morgan fingerprint density at radius 2 is 1.96 bits per heavy atom. The minimum atomic E-state index is -0.424. The second-order valence-electron chi connectivity index (χ2n) is 6.70. The van der Waals surface area contributed by atoms with Gasteiger partial charge < -0.3 is 10.0 Å². The predicted octanol–water partition coefficient (Wildman–Crippen LogP) is 2.94. The Bertz CT molecular complexity index is 659. The first-order valence-electron chi connectivity index (χ1n) is 8.77. The van der Waals surface area contributed by atoms with Crippen LogP contribution >= 0.6 is 0 Å². The highest BCUT2D eigenvalue weighted by atomic mass is 16.3. The minimum absolute atomic E-state index is 0.424. The van der Waals surface area contributed by atoms with Crippen molar-refractivity contribution in [2.45, 2.75) is 26.4 Å². The number of aromatic nitrogens is 1. The van der Waals surface area contributed by atoms with E-state index in [-0.39, 0.29) is 0 Å². The second-order valence-corrected chi connectivity index (χ2v) is 6.70. The maximum atomic E-state index is 10.7. The topological polar surface area (TPSA) is 39.6 Å². The van der Waals surface area contributed by atoms with Crippen LogP contribution in [0.2, 0.25) is 0 Å². The minimum Gasteiger partial charge on any atom is -0.387 e. The fourth-order valence-electron chi connectivity index (χ4n) is 3.47. The normalized spacial score (nSPS) is 17.5. The molecular formula is C20H27N3O. The lowest BCUT2D eigenvalue weighted by Gasteiger charge is -2.25. The van der Waals surface area contributed by atoms with Gasteiger partial charge in [0.05, 0.1) is 6.10 Å². The number of hydrogen-bond acceptors (Lipinski definition) is 4. The van der Waals surface area contributed by atoms with Crippen molar-refractivity contribution < 1.29 is 5.11 Å². The molecule has 24 heavy (non-hydrogen) atoms. The number of rotatable bonds is 4. The summed E-state index contributed by atoms with van der Waals surface area (Å²) in [4.78, 5) is 9.16. The van der Waals surface area contributed by atoms with E-state index >= 15 is 0 Å². The van der Waals surface area contributed by atoms with Crippen LogP contribution in [0.25, 0.3) is 0 Å². The fourth-order valence-corrected chi connectivity index (χ4v) is 3.47. The van der Waals surface area contributed by atoms with Crippen LogP contribution in [-0.4, -0.2) is 47.7 Å². The lowest BCUT2D eigenvalue weighted by atomic mass is 10.0. The monoisotopic (exact) mass is 325 g/mol. The van der Waals surface area contributed by atoms with E-state index in [0.717, 1.165) is 44.0 Å². The maximum absolute atomic E-state index is 10.7. The number of benzene rings is 1. The van der Waals surface area contributed by atoms with Gasteiger partial charge in [0.2, 0.25) is 0 Å². The largest absolute Gasteiger partial charge is 0.387 e. The van der Waals surface area contributed by atoms with Crippen molar-refractivity contribution >= 4 is 5.82 Å². The zero-order chi connectivity index (χ0) is 16.9. The highest BCUT2D eigenvalue weighted by molar-refractivity contribution is 5.37. The van der Waals surface area contributed by atoms with Crippen LogP contribution in [0.3, 0.4) is 0 Å². The smallest absolute Gasteiger partial charge is 0.128 e. The summed E-state index contributed by atoms with van der Waals surface area (Å²) in [5.74, 6) is 1.05. The molecule has 2 aromatic rings.